The van der Waals surface area contributed by atoms with E-state index in [0.29, 0.717) is 23.2 Å². The van der Waals surface area contributed by atoms with Gasteiger partial charge in [-0.3, -0.25) is 5.43 Å². The van der Waals surface area contributed by atoms with E-state index in [9.17, 15) is 0 Å². The molecule has 0 atom stereocenters. The van der Waals surface area contributed by atoms with Crippen molar-refractivity contribution >= 4 is 23.0 Å². The summed E-state index contributed by atoms with van der Waals surface area (Å²) in [6.07, 6.45) is 3.35. The number of rotatable bonds is 4. The minimum absolute atomic E-state index is 0.462. The summed E-state index contributed by atoms with van der Waals surface area (Å²) < 4.78 is 0. The lowest BCUT2D eigenvalue weighted by atomic mass is 10.2. The number of nitrogens with zero attached hydrogens (tertiary/aromatic N) is 3. The highest BCUT2D eigenvalue weighted by molar-refractivity contribution is 7.80. The lowest BCUT2D eigenvalue weighted by molar-refractivity contribution is 0.865. The Hall–Kier alpha value is -2.34. The van der Waals surface area contributed by atoms with Crippen LogP contribution < -0.4 is 10.7 Å². The number of hydrazone groups is 1. The van der Waals surface area contributed by atoms with Crippen molar-refractivity contribution in [2.45, 2.75) is 13.5 Å². The second-order valence-electron chi connectivity index (χ2n) is 4.05. The smallest absolute Gasteiger partial charge is 0.187 e. The zero-order valence-corrected chi connectivity index (χ0v) is 11.9. The molecule has 2 rings (SSSR count). The predicted molar refractivity (Wildman–Crippen MR) is 83.3 cm³/mol. The molecule has 6 heteroatoms. The number of thiocarbonyl (C=S) groups is 1. The molecule has 0 saturated carbocycles. The molecule has 5 nitrogen and oxygen atoms in total. The molecule has 0 radical (unpaired) electrons. The Morgan fingerprint density at radius 1 is 1.15 bits per heavy atom. The van der Waals surface area contributed by atoms with Gasteiger partial charge in [-0.2, -0.15) is 5.10 Å². The zero-order chi connectivity index (χ0) is 14.2. The van der Waals surface area contributed by atoms with Gasteiger partial charge in [0.15, 0.2) is 10.9 Å². The van der Waals surface area contributed by atoms with E-state index in [2.05, 4.69) is 25.8 Å². The largest absolute Gasteiger partial charge is 0.357 e. The van der Waals surface area contributed by atoms with Gasteiger partial charge in [-0.15, -0.1) is 0 Å². The summed E-state index contributed by atoms with van der Waals surface area (Å²) >= 11 is 5.15. The van der Waals surface area contributed by atoms with Crippen molar-refractivity contribution in [1.82, 2.24) is 20.7 Å². The second kappa shape index (κ2) is 7.30. The second-order valence-corrected chi connectivity index (χ2v) is 4.46. The van der Waals surface area contributed by atoms with E-state index >= 15 is 0 Å². The highest BCUT2D eigenvalue weighted by Crippen LogP contribution is 1.97. The van der Waals surface area contributed by atoms with Gasteiger partial charge < -0.3 is 5.32 Å². The molecule has 0 fully saturated rings. The van der Waals surface area contributed by atoms with Crippen LogP contribution in [0.15, 0.2) is 53.9 Å². The molecule has 0 unspecified atom stereocenters. The Balaban J connectivity index is 1.83. The summed E-state index contributed by atoms with van der Waals surface area (Å²) in [6.45, 7) is 2.48. The number of benzene rings is 1. The highest BCUT2D eigenvalue weighted by atomic mass is 32.1. The van der Waals surface area contributed by atoms with Crippen LogP contribution in [-0.2, 0) is 6.54 Å². The number of hydrogen-bond acceptors (Lipinski definition) is 4. The van der Waals surface area contributed by atoms with Gasteiger partial charge in [0.25, 0.3) is 0 Å². The summed E-state index contributed by atoms with van der Waals surface area (Å²) in [7, 11) is 0. The Kier molecular flexibility index (Phi) is 5.14. The lowest BCUT2D eigenvalue weighted by Gasteiger charge is -2.07. The molecule has 0 saturated heterocycles. The van der Waals surface area contributed by atoms with Gasteiger partial charge in [-0.25, -0.2) is 9.97 Å². The summed E-state index contributed by atoms with van der Waals surface area (Å²) in [5, 5.41) is 7.68. The summed E-state index contributed by atoms with van der Waals surface area (Å²) in [4.78, 5) is 8.21. The Labute approximate surface area is 123 Å². The molecular formula is C14H15N5S. The normalized spacial score (nSPS) is 10.9. The molecule has 0 aliphatic rings. The van der Waals surface area contributed by atoms with Crippen molar-refractivity contribution in [1.29, 1.82) is 0 Å². The fourth-order valence-corrected chi connectivity index (χ4v) is 1.61. The van der Waals surface area contributed by atoms with Crippen molar-refractivity contribution in [3.05, 3.63) is 60.2 Å². The summed E-state index contributed by atoms with van der Waals surface area (Å²) in [5.41, 5.74) is 4.61. The van der Waals surface area contributed by atoms with Crippen LogP contribution >= 0.6 is 12.2 Å². The van der Waals surface area contributed by atoms with Crippen LogP contribution in [0.25, 0.3) is 0 Å². The van der Waals surface area contributed by atoms with Crippen LogP contribution in [-0.4, -0.2) is 20.8 Å². The lowest BCUT2D eigenvalue weighted by Crippen LogP contribution is -2.32. The minimum atomic E-state index is 0.462. The average Bonchev–Trinajstić information content (AvgIpc) is 2.52. The van der Waals surface area contributed by atoms with Crippen molar-refractivity contribution in [3.63, 3.8) is 0 Å². The van der Waals surface area contributed by atoms with Gasteiger partial charge in [0.2, 0.25) is 0 Å². The predicted octanol–water partition coefficient (Wildman–Crippen LogP) is 1.86. The topological polar surface area (TPSA) is 62.2 Å². The fraction of sp³-hybridized carbons (Fsp3) is 0.143. The average molecular weight is 285 g/mol. The van der Waals surface area contributed by atoms with Crippen LogP contribution in [0.4, 0.5) is 0 Å². The molecule has 0 bridgehead atoms. The molecule has 0 aliphatic heterocycles. The highest BCUT2D eigenvalue weighted by Gasteiger charge is 2.00. The summed E-state index contributed by atoms with van der Waals surface area (Å²) in [5.74, 6) is 0.575. The van der Waals surface area contributed by atoms with Crippen LogP contribution in [0, 0.1) is 0 Å². The molecule has 0 amide bonds. The molecule has 0 spiro atoms. The van der Waals surface area contributed by atoms with Crippen LogP contribution in [0.2, 0.25) is 0 Å². The maximum absolute atomic E-state index is 5.15. The standard InChI is InChI=1S/C14H15N5S/c1-11(13-15-8-5-9-16-13)18-19-14(20)17-10-12-6-3-2-4-7-12/h2-9H,10H2,1H3,(H2,17,19,20)/b18-11-. The van der Waals surface area contributed by atoms with Crippen molar-refractivity contribution in [2.75, 3.05) is 0 Å². The zero-order valence-electron chi connectivity index (χ0n) is 11.1. The molecule has 20 heavy (non-hydrogen) atoms. The molecule has 102 valence electrons. The first-order valence-electron chi connectivity index (χ1n) is 6.15. The molecule has 2 N–H and O–H groups in total. The molecule has 1 heterocycles. The monoisotopic (exact) mass is 285 g/mol. The molecule has 1 aromatic heterocycles. The van der Waals surface area contributed by atoms with E-state index in [1.165, 1.54) is 0 Å². The maximum Gasteiger partial charge on any atom is 0.187 e. The van der Waals surface area contributed by atoms with Gasteiger partial charge in [0.1, 0.15) is 5.71 Å². The van der Waals surface area contributed by atoms with Gasteiger partial charge >= 0.3 is 0 Å². The first kappa shape index (κ1) is 14.1. The van der Waals surface area contributed by atoms with E-state index < -0.39 is 0 Å². The Bertz CT molecular complexity index is 583. The van der Waals surface area contributed by atoms with Crippen LogP contribution in [0.1, 0.15) is 18.3 Å². The van der Waals surface area contributed by atoms with Crippen molar-refractivity contribution in [3.8, 4) is 0 Å². The third-order valence-corrected chi connectivity index (χ3v) is 2.75. The van der Waals surface area contributed by atoms with Crippen molar-refractivity contribution < 1.29 is 0 Å². The quantitative estimate of drug-likeness (QED) is 0.510. The Morgan fingerprint density at radius 2 is 1.85 bits per heavy atom. The van der Waals surface area contributed by atoms with Gasteiger partial charge in [-0.05, 0) is 30.8 Å². The number of hydrogen-bond donors (Lipinski definition) is 2. The van der Waals surface area contributed by atoms with Crippen LogP contribution in [0.3, 0.4) is 0 Å². The number of nitrogens with one attached hydrogen (secondary N) is 2. The van der Waals surface area contributed by atoms with E-state index in [0.717, 1.165) is 5.56 Å². The first-order chi connectivity index (χ1) is 9.75. The van der Waals surface area contributed by atoms with E-state index in [1.807, 2.05) is 37.3 Å². The van der Waals surface area contributed by atoms with Gasteiger partial charge in [0.05, 0.1) is 0 Å². The third kappa shape index (κ3) is 4.40. The molecule has 1 aromatic carbocycles. The van der Waals surface area contributed by atoms with Crippen molar-refractivity contribution in [2.24, 2.45) is 5.10 Å². The van der Waals surface area contributed by atoms with E-state index in [1.54, 1.807) is 18.5 Å². The first-order valence-corrected chi connectivity index (χ1v) is 6.56. The molecule has 2 aromatic rings. The molecular weight excluding hydrogens is 270 g/mol. The third-order valence-electron chi connectivity index (χ3n) is 2.51. The van der Waals surface area contributed by atoms with Gasteiger partial charge in [-0.1, -0.05) is 30.3 Å². The number of aromatic nitrogens is 2. The SMILES string of the molecule is C/C(=N/NC(=S)NCc1ccccc1)c1ncccn1. The van der Waals surface area contributed by atoms with Crippen LogP contribution in [0.5, 0.6) is 0 Å². The van der Waals surface area contributed by atoms with E-state index in [4.69, 9.17) is 12.2 Å². The summed E-state index contributed by atoms with van der Waals surface area (Å²) in [6, 6.07) is 11.8. The van der Waals surface area contributed by atoms with E-state index in [-0.39, 0.29) is 0 Å². The molecule has 0 aliphatic carbocycles. The fourth-order valence-electron chi connectivity index (χ4n) is 1.49. The van der Waals surface area contributed by atoms with Gasteiger partial charge in [0, 0.05) is 18.9 Å². The Morgan fingerprint density at radius 3 is 2.55 bits per heavy atom. The maximum atomic E-state index is 5.15. The minimum Gasteiger partial charge on any atom is -0.357 e.